The molecule has 0 saturated heterocycles. The van der Waals surface area contributed by atoms with Crippen molar-refractivity contribution in [3.63, 3.8) is 0 Å². The predicted octanol–water partition coefficient (Wildman–Crippen LogP) is 4.40. The Hall–Kier alpha value is -1.25. The number of halogens is 1. The smallest absolute Gasteiger partial charge is 0.105 e. The van der Waals surface area contributed by atoms with Crippen molar-refractivity contribution in [3.05, 3.63) is 58.0 Å². The molecule has 0 spiro atoms. The second kappa shape index (κ2) is 5.59. The van der Waals surface area contributed by atoms with Crippen LogP contribution in [-0.4, -0.2) is 0 Å². The topological polar surface area (TPSA) is 25.2 Å². The lowest BCUT2D eigenvalue weighted by atomic mass is 10.1. The zero-order valence-corrected chi connectivity index (χ0v) is 11.7. The Kier molecular flexibility index (Phi) is 4.10. The fraction of sp³-hybridized carbons (Fsp3) is 0.333. The summed E-state index contributed by atoms with van der Waals surface area (Å²) >= 11 is 5.96. The molecule has 0 radical (unpaired) electrons. The van der Waals surface area contributed by atoms with Crippen LogP contribution in [0, 0.1) is 13.8 Å². The number of rotatable bonds is 4. The molecule has 0 bridgehead atoms. The summed E-state index contributed by atoms with van der Waals surface area (Å²) in [5.41, 5.74) is 2.40. The van der Waals surface area contributed by atoms with E-state index in [2.05, 4.69) is 24.4 Å². The van der Waals surface area contributed by atoms with Crippen LogP contribution < -0.4 is 5.32 Å². The van der Waals surface area contributed by atoms with E-state index in [1.807, 2.05) is 32.0 Å². The summed E-state index contributed by atoms with van der Waals surface area (Å²) < 4.78 is 5.55. The quantitative estimate of drug-likeness (QED) is 0.884. The van der Waals surface area contributed by atoms with Crippen LogP contribution in [0.3, 0.4) is 0 Å². The van der Waals surface area contributed by atoms with Crippen LogP contribution >= 0.6 is 11.6 Å². The van der Waals surface area contributed by atoms with Crippen molar-refractivity contribution in [2.75, 3.05) is 0 Å². The molecule has 2 aromatic rings. The molecule has 1 heterocycles. The molecule has 3 heteroatoms. The van der Waals surface area contributed by atoms with Gasteiger partial charge in [-0.2, -0.15) is 0 Å². The van der Waals surface area contributed by atoms with E-state index in [1.54, 1.807) is 0 Å². The van der Waals surface area contributed by atoms with E-state index < -0.39 is 0 Å². The summed E-state index contributed by atoms with van der Waals surface area (Å²) in [4.78, 5) is 0. The predicted molar refractivity (Wildman–Crippen MR) is 74.9 cm³/mol. The Morgan fingerprint density at radius 1 is 1.28 bits per heavy atom. The Balaban J connectivity index is 2.00. The highest BCUT2D eigenvalue weighted by Crippen LogP contribution is 2.21. The van der Waals surface area contributed by atoms with Crippen molar-refractivity contribution in [1.29, 1.82) is 0 Å². The normalized spacial score (nSPS) is 12.7. The molecule has 18 heavy (non-hydrogen) atoms. The van der Waals surface area contributed by atoms with E-state index in [9.17, 15) is 0 Å². The van der Waals surface area contributed by atoms with E-state index in [-0.39, 0.29) is 6.04 Å². The lowest BCUT2D eigenvalue weighted by Gasteiger charge is -2.13. The maximum absolute atomic E-state index is 5.96. The highest BCUT2D eigenvalue weighted by atomic mass is 35.5. The van der Waals surface area contributed by atoms with Gasteiger partial charge in [-0.3, -0.25) is 0 Å². The summed E-state index contributed by atoms with van der Waals surface area (Å²) in [5, 5.41) is 4.25. The Bertz CT molecular complexity index is 533. The van der Waals surface area contributed by atoms with Crippen molar-refractivity contribution < 1.29 is 4.42 Å². The van der Waals surface area contributed by atoms with Crippen LogP contribution in [0.1, 0.15) is 35.6 Å². The monoisotopic (exact) mass is 263 g/mol. The largest absolute Gasteiger partial charge is 0.466 e. The number of hydrogen-bond acceptors (Lipinski definition) is 2. The van der Waals surface area contributed by atoms with E-state index in [1.165, 1.54) is 11.1 Å². The summed E-state index contributed by atoms with van der Waals surface area (Å²) in [6.07, 6.45) is 0. The molecule has 1 atom stereocenters. The van der Waals surface area contributed by atoms with Crippen LogP contribution in [-0.2, 0) is 6.54 Å². The molecular formula is C15H18ClNO. The first kappa shape index (κ1) is 13.2. The summed E-state index contributed by atoms with van der Waals surface area (Å²) in [5.74, 6) is 1.94. The van der Waals surface area contributed by atoms with Gasteiger partial charge in [-0.25, -0.2) is 0 Å². The van der Waals surface area contributed by atoms with Crippen molar-refractivity contribution in [3.8, 4) is 0 Å². The lowest BCUT2D eigenvalue weighted by Crippen LogP contribution is -2.18. The van der Waals surface area contributed by atoms with Crippen molar-refractivity contribution in [2.45, 2.75) is 33.4 Å². The second-order valence-corrected chi connectivity index (χ2v) is 5.04. The van der Waals surface area contributed by atoms with Crippen molar-refractivity contribution >= 4 is 11.6 Å². The van der Waals surface area contributed by atoms with Crippen LogP contribution in [0.25, 0.3) is 0 Å². The van der Waals surface area contributed by atoms with Gasteiger partial charge in [0.05, 0.1) is 0 Å². The van der Waals surface area contributed by atoms with Crippen LogP contribution in [0.5, 0.6) is 0 Å². The average molecular weight is 264 g/mol. The fourth-order valence-electron chi connectivity index (χ4n) is 2.11. The third-order valence-electron chi connectivity index (χ3n) is 3.05. The third kappa shape index (κ3) is 3.15. The van der Waals surface area contributed by atoms with Crippen LogP contribution in [0.15, 0.2) is 34.7 Å². The average Bonchev–Trinajstić information content (AvgIpc) is 2.66. The third-order valence-corrected chi connectivity index (χ3v) is 3.28. The molecular weight excluding hydrogens is 246 g/mol. The molecule has 2 rings (SSSR count). The maximum Gasteiger partial charge on any atom is 0.105 e. The molecule has 1 unspecified atom stereocenters. The van der Waals surface area contributed by atoms with Gasteiger partial charge in [0.2, 0.25) is 0 Å². The first-order valence-electron chi connectivity index (χ1n) is 6.11. The van der Waals surface area contributed by atoms with Gasteiger partial charge in [0.1, 0.15) is 11.5 Å². The minimum Gasteiger partial charge on any atom is -0.466 e. The summed E-state index contributed by atoms with van der Waals surface area (Å²) in [7, 11) is 0. The molecule has 0 aliphatic carbocycles. The van der Waals surface area contributed by atoms with Crippen LogP contribution in [0.2, 0.25) is 5.02 Å². The molecule has 1 aromatic heterocycles. The van der Waals surface area contributed by atoms with Gasteiger partial charge >= 0.3 is 0 Å². The lowest BCUT2D eigenvalue weighted by molar-refractivity contribution is 0.489. The number of aryl methyl sites for hydroxylation is 2. The molecule has 1 aromatic carbocycles. The molecule has 0 fully saturated rings. The molecule has 0 aliphatic heterocycles. The van der Waals surface area contributed by atoms with Gasteiger partial charge in [0.25, 0.3) is 0 Å². The molecule has 2 nitrogen and oxygen atoms in total. The van der Waals surface area contributed by atoms with Gasteiger partial charge in [0.15, 0.2) is 0 Å². The summed E-state index contributed by atoms with van der Waals surface area (Å²) in [6, 6.07) is 10.3. The molecule has 96 valence electrons. The number of benzene rings is 1. The van der Waals surface area contributed by atoms with Gasteiger partial charge in [-0.05, 0) is 44.5 Å². The van der Waals surface area contributed by atoms with Gasteiger partial charge in [-0.15, -0.1) is 0 Å². The molecule has 1 N–H and O–H groups in total. The minimum atomic E-state index is 0.265. The summed E-state index contributed by atoms with van der Waals surface area (Å²) in [6.45, 7) is 6.91. The van der Waals surface area contributed by atoms with Crippen molar-refractivity contribution in [2.24, 2.45) is 0 Å². The van der Waals surface area contributed by atoms with E-state index in [4.69, 9.17) is 16.0 Å². The second-order valence-electron chi connectivity index (χ2n) is 4.60. The first-order chi connectivity index (χ1) is 8.56. The van der Waals surface area contributed by atoms with E-state index in [0.717, 1.165) is 23.1 Å². The van der Waals surface area contributed by atoms with Gasteiger partial charge < -0.3 is 9.73 Å². The zero-order valence-electron chi connectivity index (χ0n) is 11.0. The standard InChI is InChI=1S/C15H18ClNO/c1-10-7-15(12(3)18-10)11(2)17-9-13-5-4-6-14(16)8-13/h4-8,11,17H,9H2,1-3H3. The highest BCUT2D eigenvalue weighted by molar-refractivity contribution is 6.30. The number of hydrogen-bond donors (Lipinski definition) is 1. The van der Waals surface area contributed by atoms with Gasteiger partial charge in [0, 0.05) is 23.2 Å². The Morgan fingerprint density at radius 3 is 2.67 bits per heavy atom. The Labute approximate surface area is 113 Å². The number of furan rings is 1. The highest BCUT2D eigenvalue weighted by Gasteiger charge is 2.11. The van der Waals surface area contributed by atoms with E-state index in [0.29, 0.717) is 0 Å². The van der Waals surface area contributed by atoms with Crippen molar-refractivity contribution in [1.82, 2.24) is 5.32 Å². The van der Waals surface area contributed by atoms with E-state index >= 15 is 0 Å². The fourth-order valence-corrected chi connectivity index (χ4v) is 2.32. The van der Waals surface area contributed by atoms with Crippen LogP contribution in [0.4, 0.5) is 0 Å². The maximum atomic E-state index is 5.96. The SMILES string of the molecule is Cc1cc(C(C)NCc2cccc(Cl)c2)c(C)o1. The van der Waals surface area contributed by atoms with Gasteiger partial charge in [-0.1, -0.05) is 23.7 Å². The first-order valence-corrected chi connectivity index (χ1v) is 6.49. The zero-order chi connectivity index (χ0) is 13.1. The molecule has 0 amide bonds. The number of nitrogens with one attached hydrogen (secondary N) is 1. The molecule has 0 aliphatic rings. The minimum absolute atomic E-state index is 0.265. The molecule has 0 saturated carbocycles. The Morgan fingerprint density at radius 2 is 2.06 bits per heavy atom.